The van der Waals surface area contributed by atoms with Gasteiger partial charge in [0.15, 0.2) is 5.96 Å². The summed E-state index contributed by atoms with van der Waals surface area (Å²) in [6.07, 6.45) is 3.32. The van der Waals surface area contributed by atoms with E-state index in [0.717, 1.165) is 44.9 Å². The number of hydrogen-bond acceptors (Lipinski definition) is 4. The fourth-order valence-electron chi connectivity index (χ4n) is 2.87. The molecule has 24 heavy (non-hydrogen) atoms. The minimum Gasteiger partial charge on any atom is -0.363 e. The van der Waals surface area contributed by atoms with Gasteiger partial charge in [0.2, 0.25) is 0 Å². The van der Waals surface area contributed by atoms with Gasteiger partial charge in [0, 0.05) is 37.6 Å². The van der Waals surface area contributed by atoms with E-state index in [1.807, 2.05) is 18.4 Å². The van der Waals surface area contributed by atoms with Gasteiger partial charge in [-0.1, -0.05) is 0 Å². The van der Waals surface area contributed by atoms with Crippen LogP contribution in [0.15, 0.2) is 38.4 Å². The van der Waals surface area contributed by atoms with Crippen LogP contribution in [0.3, 0.4) is 0 Å². The lowest BCUT2D eigenvalue weighted by molar-refractivity contribution is 0.463. The Balaban J connectivity index is 1.39. The van der Waals surface area contributed by atoms with Crippen molar-refractivity contribution in [3.8, 4) is 0 Å². The van der Waals surface area contributed by atoms with Gasteiger partial charge in [-0.2, -0.15) is 0 Å². The van der Waals surface area contributed by atoms with E-state index in [1.54, 1.807) is 11.3 Å². The van der Waals surface area contributed by atoms with Crippen molar-refractivity contribution >= 4 is 49.6 Å². The van der Waals surface area contributed by atoms with Crippen LogP contribution in [-0.2, 0) is 6.42 Å². The average Bonchev–Trinajstić information content (AvgIpc) is 3.26. The van der Waals surface area contributed by atoms with Gasteiger partial charge in [0.1, 0.15) is 0 Å². The zero-order chi connectivity index (χ0) is 16.8. The number of piperidine rings is 1. The summed E-state index contributed by atoms with van der Waals surface area (Å²) in [5, 5.41) is 10.5. The summed E-state index contributed by atoms with van der Waals surface area (Å²) in [4.78, 5) is 8.23. The molecule has 1 aliphatic heterocycles. The van der Waals surface area contributed by atoms with E-state index in [1.165, 1.54) is 13.7 Å². The third kappa shape index (κ3) is 4.97. The van der Waals surface area contributed by atoms with Crippen LogP contribution in [0.1, 0.15) is 17.7 Å². The number of aliphatic imine (C=N–C) groups is 1. The molecule has 4 nitrogen and oxygen atoms in total. The number of nitrogens with one attached hydrogen (secondary N) is 2. The normalized spacial score (nSPS) is 16.4. The van der Waals surface area contributed by atoms with E-state index in [-0.39, 0.29) is 0 Å². The summed E-state index contributed by atoms with van der Waals surface area (Å²) in [6, 6.07) is 9.12. The lowest BCUT2D eigenvalue weighted by Crippen LogP contribution is -2.49. The van der Waals surface area contributed by atoms with Gasteiger partial charge < -0.3 is 15.5 Å². The Morgan fingerprint density at radius 3 is 2.79 bits per heavy atom. The van der Waals surface area contributed by atoms with Crippen LogP contribution in [0.4, 0.5) is 5.00 Å². The van der Waals surface area contributed by atoms with Crippen LogP contribution in [-0.4, -0.2) is 38.7 Å². The van der Waals surface area contributed by atoms with E-state index in [9.17, 15) is 0 Å². The summed E-state index contributed by atoms with van der Waals surface area (Å²) in [5.74, 6) is 0.917. The third-order valence-electron chi connectivity index (χ3n) is 4.17. The van der Waals surface area contributed by atoms with E-state index >= 15 is 0 Å². The predicted molar refractivity (Wildman–Crippen MR) is 110 cm³/mol. The van der Waals surface area contributed by atoms with E-state index in [0.29, 0.717) is 6.04 Å². The first-order chi connectivity index (χ1) is 11.7. The summed E-state index contributed by atoms with van der Waals surface area (Å²) in [7, 11) is 1.85. The molecular formula is C17H23BrN4S2. The van der Waals surface area contributed by atoms with Gasteiger partial charge in [0.05, 0.1) is 8.79 Å². The Morgan fingerprint density at radius 1 is 1.33 bits per heavy atom. The van der Waals surface area contributed by atoms with E-state index in [4.69, 9.17) is 0 Å². The second-order valence-corrected chi connectivity index (χ2v) is 9.29. The highest BCUT2D eigenvalue weighted by molar-refractivity contribution is 9.11. The van der Waals surface area contributed by atoms with Gasteiger partial charge in [0.25, 0.3) is 0 Å². The Bertz CT molecular complexity index is 645. The van der Waals surface area contributed by atoms with Crippen molar-refractivity contribution in [1.82, 2.24) is 10.6 Å². The molecule has 0 spiro atoms. The average molecular weight is 427 g/mol. The molecule has 0 radical (unpaired) electrons. The number of thiophene rings is 2. The van der Waals surface area contributed by atoms with Crippen LogP contribution >= 0.6 is 38.6 Å². The molecule has 1 aliphatic rings. The molecule has 3 heterocycles. The highest BCUT2D eigenvalue weighted by atomic mass is 79.9. The van der Waals surface area contributed by atoms with Crippen LogP contribution in [0.2, 0.25) is 0 Å². The van der Waals surface area contributed by atoms with Crippen molar-refractivity contribution in [1.29, 1.82) is 0 Å². The molecule has 0 unspecified atom stereocenters. The van der Waals surface area contributed by atoms with E-state index < -0.39 is 0 Å². The number of halogens is 1. The highest BCUT2D eigenvalue weighted by Gasteiger charge is 2.20. The van der Waals surface area contributed by atoms with Crippen LogP contribution in [0.5, 0.6) is 0 Å². The molecule has 0 aromatic carbocycles. The second kappa shape index (κ2) is 8.87. The Morgan fingerprint density at radius 2 is 2.17 bits per heavy atom. The third-order valence-corrected chi connectivity index (χ3v) is 6.78. The summed E-state index contributed by atoms with van der Waals surface area (Å²) < 4.78 is 1.19. The molecule has 0 amide bonds. The van der Waals surface area contributed by atoms with Crippen LogP contribution in [0.25, 0.3) is 0 Å². The summed E-state index contributed by atoms with van der Waals surface area (Å²) >= 11 is 7.13. The summed E-state index contributed by atoms with van der Waals surface area (Å²) in [5.41, 5.74) is 0. The molecule has 0 aliphatic carbocycles. The fourth-order valence-corrected chi connectivity index (χ4v) is 5.14. The maximum atomic E-state index is 4.36. The number of anilines is 1. The van der Waals surface area contributed by atoms with Crippen molar-refractivity contribution < 1.29 is 0 Å². The number of rotatable bonds is 5. The molecule has 3 rings (SSSR count). The predicted octanol–water partition coefficient (Wildman–Crippen LogP) is 3.95. The fraction of sp³-hybridized carbons (Fsp3) is 0.471. The molecule has 0 saturated carbocycles. The molecule has 0 bridgehead atoms. The first-order valence-corrected chi connectivity index (χ1v) is 10.7. The zero-order valence-corrected chi connectivity index (χ0v) is 17.0. The van der Waals surface area contributed by atoms with Gasteiger partial charge in [-0.25, -0.2) is 0 Å². The molecule has 0 atom stereocenters. The minimum atomic E-state index is 0.503. The van der Waals surface area contributed by atoms with Gasteiger partial charge in [-0.3, -0.25) is 4.99 Å². The Kier molecular flexibility index (Phi) is 6.57. The molecule has 7 heteroatoms. The number of hydrogen-bond donors (Lipinski definition) is 2. The number of guanidine groups is 1. The van der Waals surface area contributed by atoms with Crippen LogP contribution in [0, 0.1) is 0 Å². The largest absolute Gasteiger partial charge is 0.363 e. The van der Waals surface area contributed by atoms with Crippen molar-refractivity contribution in [3.63, 3.8) is 0 Å². The second-order valence-electron chi connectivity index (χ2n) is 5.81. The van der Waals surface area contributed by atoms with Crippen LogP contribution < -0.4 is 15.5 Å². The maximum absolute atomic E-state index is 4.36. The molecule has 2 N–H and O–H groups in total. The monoisotopic (exact) mass is 426 g/mol. The topological polar surface area (TPSA) is 39.7 Å². The Hall–Kier alpha value is -1.05. The summed E-state index contributed by atoms with van der Waals surface area (Å²) in [6.45, 7) is 3.12. The number of nitrogens with zero attached hydrogens (tertiary/aromatic N) is 2. The van der Waals surface area contributed by atoms with Gasteiger partial charge in [-0.05, 0) is 64.8 Å². The first kappa shape index (κ1) is 17.8. The highest BCUT2D eigenvalue weighted by Crippen LogP contribution is 2.25. The minimum absolute atomic E-state index is 0.503. The SMILES string of the molecule is CN=C(NCCc1ccc(Br)s1)NC1CCN(c2cccs2)CC1. The molecular weight excluding hydrogens is 404 g/mol. The van der Waals surface area contributed by atoms with Crippen molar-refractivity contribution in [2.24, 2.45) is 4.99 Å². The lowest BCUT2D eigenvalue weighted by Gasteiger charge is -2.33. The van der Waals surface area contributed by atoms with Crippen molar-refractivity contribution in [3.05, 3.63) is 38.3 Å². The van der Waals surface area contributed by atoms with E-state index in [2.05, 4.69) is 66.1 Å². The zero-order valence-electron chi connectivity index (χ0n) is 13.8. The molecule has 1 saturated heterocycles. The van der Waals surface area contributed by atoms with Gasteiger partial charge in [-0.15, -0.1) is 22.7 Å². The first-order valence-electron chi connectivity index (χ1n) is 8.24. The molecule has 2 aromatic heterocycles. The van der Waals surface area contributed by atoms with Crippen molar-refractivity contribution in [2.45, 2.75) is 25.3 Å². The molecule has 2 aromatic rings. The maximum Gasteiger partial charge on any atom is 0.191 e. The van der Waals surface area contributed by atoms with Gasteiger partial charge >= 0.3 is 0 Å². The standard InChI is InChI=1S/C17H23BrN4S2/c1-19-17(20-9-6-14-4-5-15(18)24-14)21-13-7-10-22(11-8-13)16-3-2-12-23-16/h2-5,12-13H,6-11H2,1H3,(H2,19,20,21). The van der Waals surface area contributed by atoms with Crippen molar-refractivity contribution in [2.75, 3.05) is 31.6 Å². The Labute approximate surface area is 160 Å². The smallest absolute Gasteiger partial charge is 0.191 e. The molecule has 1 fully saturated rings. The lowest BCUT2D eigenvalue weighted by atomic mass is 10.1. The molecule has 130 valence electrons. The quantitative estimate of drug-likeness (QED) is 0.561.